The van der Waals surface area contributed by atoms with Gasteiger partial charge >= 0.3 is 0 Å². The number of nitrogens with zero attached hydrogens (tertiary/aromatic N) is 1. The van der Waals surface area contributed by atoms with E-state index in [9.17, 15) is 8.42 Å². The Labute approximate surface area is 124 Å². The van der Waals surface area contributed by atoms with E-state index in [0.717, 1.165) is 13.1 Å². The van der Waals surface area contributed by atoms with Gasteiger partial charge in [-0.3, -0.25) is 4.90 Å². The summed E-state index contributed by atoms with van der Waals surface area (Å²) in [5, 5.41) is 0.519. The smallest absolute Gasteiger partial charge is 0.240 e. The number of hydrogen-bond donors (Lipinski definition) is 1. The Balaban J connectivity index is 1.93. The number of halogens is 1. The molecule has 0 aliphatic carbocycles. The van der Waals surface area contributed by atoms with Gasteiger partial charge in [0.05, 0.1) is 18.1 Å². The van der Waals surface area contributed by atoms with E-state index in [0.29, 0.717) is 24.8 Å². The lowest BCUT2D eigenvalue weighted by Gasteiger charge is -2.32. The highest BCUT2D eigenvalue weighted by Crippen LogP contribution is 2.14. The highest BCUT2D eigenvalue weighted by atomic mass is 35.5. The monoisotopic (exact) mass is 318 g/mol. The van der Waals surface area contributed by atoms with Crippen molar-refractivity contribution in [3.8, 4) is 0 Å². The molecule has 1 atom stereocenters. The van der Waals surface area contributed by atoms with Crippen molar-refractivity contribution in [3.63, 3.8) is 0 Å². The first-order chi connectivity index (χ1) is 9.49. The topological polar surface area (TPSA) is 58.6 Å². The second kappa shape index (κ2) is 6.87. The zero-order valence-corrected chi connectivity index (χ0v) is 13.0. The number of rotatable bonds is 5. The van der Waals surface area contributed by atoms with Gasteiger partial charge < -0.3 is 4.74 Å². The summed E-state index contributed by atoms with van der Waals surface area (Å²) >= 11 is 5.76. The zero-order chi connectivity index (χ0) is 14.6. The first-order valence-electron chi connectivity index (χ1n) is 6.56. The van der Waals surface area contributed by atoms with Gasteiger partial charge in [0.1, 0.15) is 0 Å². The van der Waals surface area contributed by atoms with Crippen molar-refractivity contribution in [1.82, 2.24) is 9.62 Å². The molecule has 0 bridgehead atoms. The standard InChI is InChI=1S/C13H19ClN2O3S/c1-11(16-6-8-19-9-7-16)10-15-20(17,18)13-4-2-12(14)3-5-13/h2-5,11,15H,6-10H2,1H3. The van der Waals surface area contributed by atoms with Gasteiger partial charge in [0.15, 0.2) is 0 Å². The van der Waals surface area contributed by atoms with Crippen molar-refractivity contribution >= 4 is 21.6 Å². The van der Waals surface area contributed by atoms with Crippen LogP contribution in [0.1, 0.15) is 6.92 Å². The average molecular weight is 319 g/mol. The molecule has 1 aliphatic heterocycles. The molecule has 1 aliphatic rings. The summed E-state index contributed by atoms with van der Waals surface area (Å²) in [5.74, 6) is 0. The minimum Gasteiger partial charge on any atom is -0.379 e. The Hall–Kier alpha value is -0.660. The molecule has 7 heteroatoms. The SMILES string of the molecule is CC(CNS(=O)(=O)c1ccc(Cl)cc1)N1CCOCC1. The summed E-state index contributed by atoms with van der Waals surface area (Å²) < 4.78 is 32.2. The van der Waals surface area contributed by atoms with Crippen LogP contribution in [0.15, 0.2) is 29.2 Å². The van der Waals surface area contributed by atoms with Crippen molar-refractivity contribution < 1.29 is 13.2 Å². The molecule has 0 radical (unpaired) electrons. The normalized spacial score (nSPS) is 18.9. The third kappa shape index (κ3) is 4.17. The van der Waals surface area contributed by atoms with Gasteiger partial charge in [-0.25, -0.2) is 13.1 Å². The Morgan fingerprint density at radius 2 is 1.90 bits per heavy atom. The van der Waals surface area contributed by atoms with E-state index < -0.39 is 10.0 Å². The zero-order valence-electron chi connectivity index (χ0n) is 11.4. The van der Waals surface area contributed by atoms with E-state index in [1.165, 1.54) is 12.1 Å². The molecule has 5 nitrogen and oxygen atoms in total. The first-order valence-corrected chi connectivity index (χ1v) is 8.42. The Kier molecular flexibility index (Phi) is 5.40. The van der Waals surface area contributed by atoms with E-state index >= 15 is 0 Å². The maximum absolute atomic E-state index is 12.1. The van der Waals surface area contributed by atoms with Crippen molar-refractivity contribution in [2.75, 3.05) is 32.8 Å². The second-order valence-electron chi connectivity index (χ2n) is 4.80. The van der Waals surface area contributed by atoms with Crippen LogP contribution >= 0.6 is 11.6 Å². The van der Waals surface area contributed by atoms with E-state index in [1.807, 2.05) is 6.92 Å². The molecule has 0 spiro atoms. The van der Waals surface area contributed by atoms with Crippen LogP contribution in [0.3, 0.4) is 0 Å². The highest BCUT2D eigenvalue weighted by Gasteiger charge is 2.20. The molecular formula is C13H19ClN2O3S. The maximum Gasteiger partial charge on any atom is 0.240 e. The van der Waals surface area contributed by atoms with Gasteiger partial charge in [0.2, 0.25) is 10.0 Å². The van der Waals surface area contributed by atoms with Crippen LogP contribution in [0.2, 0.25) is 5.02 Å². The summed E-state index contributed by atoms with van der Waals surface area (Å²) in [6.07, 6.45) is 0. The second-order valence-corrected chi connectivity index (χ2v) is 7.01. The van der Waals surface area contributed by atoms with Crippen LogP contribution in [0.4, 0.5) is 0 Å². The van der Waals surface area contributed by atoms with E-state index in [1.54, 1.807) is 12.1 Å². The van der Waals surface area contributed by atoms with Gasteiger partial charge in [0.25, 0.3) is 0 Å². The molecule has 1 N–H and O–H groups in total. The Bertz CT molecular complexity index is 527. The van der Waals surface area contributed by atoms with E-state index in [2.05, 4.69) is 9.62 Å². The van der Waals surface area contributed by atoms with Crippen LogP contribution in [-0.4, -0.2) is 52.2 Å². The fourth-order valence-electron chi connectivity index (χ4n) is 2.07. The number of ether oxygens (including phenoxy) is 1. The van der Waals surface area contributed by atoms with Crippen LogP contribution < -0.4 is 4.72 Å². The van der Waals surface area contributed by atoms with Crippen molar-refractivity contribution in [2.24, 2.45) is 0 Å². The largest absolute Gasteiger partial charge is 0.379 e. The molecule has 20 heavy (non-hydrogen) atoms. The third-order valence-corrected chi connectivity index (χ3v) is 5.05. The molecule has 1 fully saturated rings. The number of hydrogen-bond acceptors (Lipinski definition) is 4. The van der Waals surface area contributed by atoms with Gasteiger partial charge in [-0.2, -0.15) is 0 Å². The summed E-state index contributed by atoms with van der Waals surface area (Å²) in [5.41, 5.74) is 0. The summed E-state index contributed by atoms with van der Waals surface area (Å²) in [7, 11) is -3.48. The lowest BCUT2D eigenvalue weighted by atomic mass is 10.2. The molecule has 1 aromatic rings. The predicted molar refractivity (Wildman–Crippen MR) is 78.5 cm³/mol. The van der Waals surface area contributed by atoms with E-state index in [-0.39, 0.29) is 10.9 Å². The fraction of sp³-hybridized carbons (Fsp3) is 0.538. The fourth-order valence-corrected chi connectivity index (χ4v) is 3.32. The van der Waals surface area contributed by atoms with Crippen LogP contribution in [0.25, 0.3) is 0 Å². The summed E-state index contributed by atoms with van der Waals surface area (Å²) in [6, 6.07) is 6.29. The van der Waals surface area contributed by atoms with Crippen LogP contribution in [0.5, 0.6) is 0 Å². The molecule has 0 saturated carbocycles. The van der Waals surface area contributed by atoms with Gasteiger partial charge in [-0.15, -0.1) is 0 Å². The Morgan fingerprint density at radius 3 is 2.50 bits per heavy atom. The lowest BCUT2D eigenvalue weighted by Crippen LogP contribution is -2.47. The summed E-state index contributed by atoms with van der Waals surface area (Å²) in [6.45, 7) is 5.47. The minimum absolute atomic E-state index is 0.140. The lowest BCUT2D eigenvalue weighted by molar-refractivity contribution is 0.0213. The molecule has 0 amide bonds. The first kappa shape index (κ1) is 15.7. The maximum atomic E-state index is 12.1. The number of benzene rings is 1. The van der Waals surface area contributed by atoms with Gasteiger partial charge in [-0.05, 0) is 31.2 Å². The molecule has 112 valence electrons. The minimum atomic E-state index is -3.48. The predicted octanol–water partition coefficient (Wildman–Crippen LogP) is 1.34. The molecule has 1 unspecified atom stereocenters. The Morgan fingerprint density at radius 1 is 1.30 bits per heavy atom. The molecule has 1 saturated heterocycles. The summed E-state index contributed by atoms with van der Waals surface area (Å²) in [4.78, 5) is 2.45. The number of sulfonamides is 1. The molecular weight excluding hydrogens is 300 g/mol. The molecule has 2 rings (SSSR count). The molecule has 0 aromatic heterocycles. The van der Waals surface area contributed by atoms with Gasteiger partial charge in [-0.1, -0.05) is 11.6 Å². The van der Waals surface area contributed by atoms with Gasteiger partial charge in [0, 0.05) is 30.7 Å². The van der Waals surface area contributed by atoms with Crippen molar-refractivity contribution in [2.45, 2.75) is 17.9 Å². The number of morpholine rings is 1. The average Bonchev–Trinajstić information content (AvgIpc) is 2.46. The molecule has 1 aromatic carbocycles. The third-order valence-electron chi connectivity index (χ3n) is 3.36. The van der Waals surface area contributed by atoms with E-state index in [4.69, 9.17) is 16.3 Å². The molecule has 1 heterocycles. The van der Waals surface area contributed by atoms with Crippen LogP contribution in [-0.2, 0) is 14.8 Å². The quantitative estimate of drug-likeness (QED) is 0.890. The van der Waals surface area contributed by atoms with Crippen molar-refractivity contribution in [3.05, 3.63) is 29.3 Å². The number of nitrogens with one attached hydrogen (secondary N) is 1. The van der Waals surface area contributed by atoms with Crippen LogP contribution in [0, 0.1) is 0 Å². The highest BCUT2D eigenvalue weighted by molar-refractivity contribution is 7.89. The van der Waals surface area contributed by atoms with Crippen molar-refractivity contribution in [1.29, 1.82) is 0 Å².